The average Bonchev–Trinajstić information content (AvgIpc) is 2.63. The Kier molecular flexibility index (Phi) is 7.60. The fourth-order valence-electron chi connectivity index (χ4n) is 2.29. The van der Waals surface area contributed by atoms with E-state index in [1.807, 2.05) is 36.5 Å². The summed E-state index contributed by atoms with van der Waals surface area (Å²) in [4.78, 5) is 8.92. The van der Waals surface area contributed by atoms with Crippen LogP contribution in [0.3, 0.4) is 0 Å². The van der Waals surface area contributed by atoms with Gasteiger partial charge in [0.25, 0.3) is 0 Å². The highest BCUT2D eigenvalue weighted by atomic mass is 16.5. The molecule has 0 fully saturated rings. The zero-order chi connectivity index (χ0) is 17.0. The molecule has 0 aliphatic carbocycles. The molecule has 0 radical (unpaired) electrons. The number of aromatic nitrogens is 1. The van der Waals surface area contributed by atoms with Crippen molar-refractivity contribution in [3.05, 3.63) is 59.9 Å². The van der Waals surface area contributed by atoms with Crippen LogP contribution in [0.4, 0.5) is 0 Å². The maximum absolute atomic E-state index is 5.17. The van der Waals surface area contributed by atoms with E-state index in [0.29, 0.717) is 0 Å². The number of nitrogens with one attached hydrogen (secondary N) is 2. The molecule has 128 valence electrons. The minimum Gasteiger partial charge on any atom is -0.497 e. The maximum atomic E-state index is 5.17. The van der Waals surface area contributed by atoms with Crippen molar-refractivity contribution in [2.45, 2.75) is 19.8 Å². The number of aliphatic imine (C=N–C) groups is 1. The zero-order valence-electron chi connectivity index (χ0n) is 14.5. The van der Waals surface area contributed by atoms with E-state index >= 15 is 0 Å². The second-order valence-electron chi connectivity index (χ2n) is 5.36. The number of hydrogen-bond donors (Lipinski definition) is 2. The number of hydrogen-bond acceptors (Lipinski definition) is 3. The van der Waals surface area contributed by atoms with Crippen LogP contribution < -0.4 is 15.4 Å². The van der Waals surface area contributed by atoms with Crippen molar-refractivity contribution in [2.75, 3.05) is 26.7 Å². The predicted octanol–water partition coefficient (Wildman–Crippen LogP) is 2.43. The summed E-state index contributed by atoms with van der Waals surface area (Å²) in [6.45, 7) is 4.47. The van der Waals surface area contributed by atoms with Gasteiger partial charge in [0.1, 0.15) is 5.75 Å². The topological polar surface area (TPSA) is 58.5 Å². The molecule has 0 aliphatic heterocycles. The molecule has 0 atom stereocenters. The summed E-state index contributed by atoms with van der Waals surface area (Å²) < 4.78 is 5.17. The fourth-order valence-corrected chi connectivity index (χ4v) is 2.29. The summed E-state index contributed by atoms with van der Waals surface area (Å²) in [5, 5.41) is 6.64. The van der Waals surface area contributed by atoms with Crippen LogP contribution in [0.1, 0.15) is 18.2 Å². The van der Waals surface area contributed by atoms with E-state index < -0.39 is 0 Å². The normalized spacial score (nSPS) is 11.2. The molecular formula is C19H26N4O. The Bertz CT molecular complexity index is 611. The number of rotatable bonds is 8. The Labute approximate surface area is 144 Å². The Balaban J connectivity index is 1.78. The first-order valence-corrected chi connectivity index (χ1v) is 8.37. The number of nitrogens with zero attached hydrogens (tertiary/aromatic N) is 2. The third-order valence-electron chi connectivity index (χ3n) is 3.57. The number of benzene rings is 1. The van der Waals surface area contributed by atoms with Gasteiger partial charge >= 0.3 is 0 Å². The molecule has 1 heterocycles. The predicted molar refractivity (Wildman–Crippen MR) is 98.6 cm³/mol. The SMILES string of the molecule is CCNC(=NCCc1ccccn1)NCCc1ccc(OC)cc1. The molecule has 0 amide bonds. The van der Waals surface area contributed by atoms with Crippen molar-refractivity contribution < 1.29 is 4.74 Å². The van der Waals surface area contributed by atoms with Crippen LogP contribution in [0.5, 0.6) is 5.75 Å². The highest BCUT2D eigenvalue weighted by Gasteiger charge is 1.99. The number of guanidine groups is 1. The van der Waals surface area contributed by atoms with Gasteiger partial charge in [-0.1, -0.05) is 18.2 Å². The van der Waals surface area contributed by atoms with Crippen molar-refractivity contribution in [2.24, 2.45) is 4.99 Å². The largest absolute Gasteiger partial charge is 0.497 e. The Morgan fingerprint density at radius 1 is 1.08 bits per heavy atom. The molecule has 2 N–H and O–H groups in total. The molecule has 2 rings (SSSR count). The standard InChI is InChI=1S/C19H26N4O/c1-3-20-19(23-15-12-17-6-4-5-13-21-17)22-14-11-16-7-9-18(24-2)10-8-16/h4-10,13H,3,11-12,14-15H2,1-2H3,(H2,20,22,23). The summed E-state index contributed by atoms with van der Waals surface area (Å²) in [5.41, 5.74) is 2.34. The van der Waals surface area contributed by atoms with E-state index in [-0.39, 0.29) is 0 Å². The maximum Gasteiger partial charge on any atom is 0.191 e. The summed E-state index contributed by atoms with van der Waals surface area (Å²) in [5.74, 6) is 1.73. The van der Waals surface area contributed by atoms with Crippen LogP contribution in [-0.2, 0) is 12.8 Å². The van der Waals surface area contributed by atoms with E-state index in [4.69, 9.17) is 4.74 Å². The quantitative estimate of drug-likeness (QED) is 0.578. The molecule has 0 spiro atoms. The lowest BCUT2D eigenvalue weighted by atomic mass is 10.1. The minimum atomic E-state index is 0.717. The van der Waals surface area contributed by atoms with Crippen LogP contribution in [0.15, 0.2) is 53.7 Å². The second kappa shape index (κ2) is 10.3. The molecule has 5 heteroatoms. The average molecular weight is 326 g/mol. The summed E-state index contributed by atoms with van der Waals surface area (Å²) in [6, 6.07) is 14.1. The van der Waals surface area contributed by atoms with Gasteiger partial charge < -0.3 is 15.4 Å². The van der Waals surface area contributed by atoms with Crippen molar-refractivity contribution in [3.63, 3.8) is 0 Å². The van der Waals surface area contributed by atoms with Crippen LogP contribution in [0.25, 0.3) is 0 Å². The first-order chi connectivity index (χ1) is 11.8. The van der Waals surface area contributed by atoms with E-state index in [1.54, 1.807) is 7.11 Å². The Morgan fingerprint density at radius 3 is 2.58 bits per heavy atom. The molecule has 1 aromatic carbocycles. The number of methoxy groups -OCH3 is 1. The first-order valence-electron chi connectivity index (χ1n) is 8.37. The number of pyridine rings is 1. The minimum absolute atomic E-state index is 0.717. The first kappa shape index (κ1) is 17.8. The lowest BCUT2D eigenvalue weighted by Gasteiger charge is -2.11. The summed E-state index contributed by atoms with van der Waals surface area (Å²) in [6.07, 6.45) is 3.60. The van der Waals surface area contributed by atoms with Crippen LogP contribution >= 0.6 is 0 Å². The van der Waals surface area contributed by atoms with Gasteiger partial charge in [-0.05, 0) is 43.2 Å². The van der Waals surface area contributed by atoms with Crippen LogP contribution in [-0.4, -0.2) is 37.7 Å². The monoisotopic (exact) mass is 326 g/mol. The molecule has 0 bridgehead atoms. The van der Waals surface area contributed by atoms with E-state index in [1.165, 1.54) is 5.56 Å². The molecule has 0 unspecified atom stereocenters. The molecular weight excluding hydrogens is 300 g/mol. The smallest absolute Gasteiger partial charge is 0.191 e. The third kappa shape index (κ3) is 6.28. The molecule has 2 aromatic rings. The Morgan fingerprint density at radius 2 is 1.92 bits per heavy atom. The van der Waals surface area contributed by atoms with Crippen LogP contribution in [0, 0.1) is 0 Å². The van der Waals surface area contributed by atoms with Crippen molar-refractivity contribution in [1.82, 2.24) is 15.6 Å². The van der Waals surface area contributed by atoms with Crippen LogP contribution in [0.2, 0.25) is 0 Å². The van der Waals surface area contributed by atoms with Gasteiger partial charge in [-0.25, -0.2) is 0 Å². The summed E-state index contributed by atoms with van der Waals surface area (Å²) >= 11 is 0. The lowest BCUT2D eigenvalue weighted by molar-refractivity contribution is 0.414. The Hall–Kier alpha value is -2.56. The van der Waals surface area contributed by atoms with Gasteiger partial charge in [-0.15, -0.1) is 0 Å². The molecule has 0 aliphatic rings. The van der Waals surface area contributed by atoms with Crippen molar-refractivity contribution in [3.8, 4) is 5.75 Å². The summed E-state index contributed by atoms with van der Waals surface area (Å²) in [7, 11) is 1.68. The van der Waals surface area contributed by atoms with E-state index in [9.17, 15) is 0 Å². The highest BCUT2D eigenvalue weighted by molar-refractivity contribution is 5.79. The van der Waals surface area contributed by atoms with Crippen molar-refractivity contribution in [1.29, 1.82) is 0 Å². The molecule has 5 nitrogen and oxygen atoms in total. The van der Waals surface area contributed by atoms with Gasteiger partial charge in [-0.3, -0.25) is 9.98 Å². The van der Waals surface area contributed by atoms with Gasteiger partial charge in [0, 0.05) is 37.9 Å². The van der Waals surface area contributed by atoms with Gasteiger partial charge in [0.2, 0.25) is 0 Å². The second-order valence-corrected chi connectivity index (χ2v) is 5.36. The highest BCUT2D eigenvalue weighted by Crippen LogP contribution is 2.11. The molecule has 1 aromatic heterocycles. The van der Waals surface area contributed by atoms with Gasteiger partial charge in [-0.2, -0.15) is 0 Å². The van der Waals surface area contributed by atoms with Gasteiger partial charge in [0.05, 0.1) is 7.11 Å². The van der Waals surface area contributed by atoms with Crippen molar-refractivity contribution >= 4 is 5.96 Å². The zero-order valence-corrected chi connectivity index (χ0v) is 14.5. The fraction of sp³-hybridized carbons (Fsp3) is 0.368. The van der Waals surface area contributed by atoms with E-state index in [0.717, 1.165) is 49.9 Å². The molecule has 0 saturated heterocycles. The lowest BCUT2D eigenvalue weighted by Crippen LogP contribution is -2.38. The molecule has 0 saturated carbocycles. The van der Waals surface area contributed by atoms with Gasteiger partial charge in [0.15, 0.2) is 5.96 Å². The third-order valence-corrected chi connectivity index (χ3v) is 3.57. The van der Waals surface area contributed by atoms with E-state index in [2.05, 4.69) is 39.7 Å². The molecule has 24 heavy (non-hydrogen) atoms. The number of ether oxygens (including phenoxy) is 1.